The van der Waals surface area contributed by atoms with Crippen LogP contribution in [0.5, 0.6) is 0 Å². The monoisotopic (exact) mass is 323 g/mol. The molecule has 0 heterocycles. The maximum atomic E-state index is 6.72. The minimum absolute atomic E-state index is 0.224. The smallest absolute Gasteiger partial charge is 0.0624 e. The first-order valence-corrected chi connectivity index (χ1v) is 9.00. The van der Waals surface area contributed by atoms with Gasteiger partial charge in [0.2, 0.25) is 0 Å². The highest BCUT2D eigenvalue weighted by molar-refractivity contribution is 6.42. The molecular formula is C18H23Cl2N. The van der Waals surface area contributed by atoms with Crippen LogP contribution in [0.25, 0.3) is 0 Å². The van der Waals surface area contributed by atoms with Crippen molar-refractivity contribution < 1.29 is 0 Å². The Morgan fingerprint density at radius 2 is 1.62 bits per heavy atom. The molecule has 1 nitrogen and oxygen atoms in total. The zero-order valence-electron chi connectivity index (χ0n) is 12.3. The van der Waals surface area contributed by atoms with Crippen LogP contribution in [0.1, 0.15) is 44.1 Å². The molecule has 0 spiro atoms. The van der Waals surface area contributed by atoms with E-state index >= 15 is 0 Å². The van der Waals surface area contributed by atoms with Gasteiger partial charge in [0.05, 0.1) is 10.0 Å². The molecular weight excluding hydrogens is 301 g/mol. The SMILES string of the molecule is NC(Cc1cccc(Cl)c1Cl)C12CC3CC(CC(C3)C1)C2. The molecule has 1 aromatic rings. The molecule has 114 valence electrons. The second-order valence-electron chi connectivity index (χ2n) is 7.80. The molecule has 1 aromatic carbocycles. The first-order valence-electron chi connectivity index (χ1n) is 8.24. The molecule has 4 aliphatic rings. The van der Waals surface area contributed by atoms with Gasteiger partial charge in [0.1, 0.15) is 0 Å². The molecule has 5 rings (SSSR count). The first-order chi connectivity index (χ1) is 10.1. The minimum atomic E-state index is 0.224. The van der Waals surface area contributed by atoms with Crippen LogP contribution in [0.2, 0.25) is 10.0 Å². The lowest BCUT2D eigenvalue weighted by atomic mass is 9.47. The Balaban J connectivity index is 1.57. The molecule has 3 heteroatoms. The van der Waals surface area contributed by atoms with E-state index in [0.717, 1.165) is 29.7 Å². The number of hydrogen-bond donors (Lipinski definition) is 1. The van der Waals surface area contributed by atoms with Gasteiger partial charge in [-0.05, 0) is 79.7 Å². The van der Waals surface area contributed by atoms with Crippen molar-refractivity contribution in [3.05, 3.63) is 33.8 Å². The van der Waals surface area contributed by atoms with Gasteiger partial charge in [-0.15, -0.1) is 0 Å². The first kappa shape index (κ1) is 14.4. The molecule has 1 atom stereocenters. The Labute approximate surface area is 137 Å². The normalized spacial score (nSPS) is 38.7. The maximum Gasteiger partial charge on any atom is 0.0624 e. The van der Waals surface area contributed by atoms with Crippen LogP contribution in [0.15, 0.2) is 18.2 Å². The van der Waals surface area contributed by atoms with E-state index in [0.29, 0.717) is 15.5 Å². The summed E-state index contributed by atoms with van der Waals surface area (Å²) in [5, 5.41) is 1.34. The topological polar surface area (TPSA) is 26.0 Å². The number of benzene rings is 1. The van der Waals surface area contributed by atoms with E-state index in [4.69, 9.17) is 28.9 Å². The van der Waals surface area contributed by atoms with Crippen LogP contribution >= 0.6 is 23.2 Å². The van der Waals surface area contributed by atoms with E-state index in [9.17, 15) is 0 Å². The molecule has 0 saturated heterocycles. The summed E-state index contributed by atoms with van der Waals surface area (Å²) < 4.78 is 0. The van der Waals surface area contributed by atoms with Crippen molar-refractivity contribution in [1.82, 2.24) is 0 Å². The average molecular weight is 324 g/mol. The second-order valence-corrected chi connectivity index (χ2v) is 8.59. The Bertz CT molecular complexity index is 519. The Morgan fingerprint density at radius 1 is 1.05 bits per heavy atom. The number of rotatable bonds is 3. The van der Waals surface area contributed by atoms with Crippen LogP contribution in [-0.4, -0.2) is 6.04 Å². The number of halogens is 2. The summed E-state index contributed by atoms with van der Waals surface area (Å²) in [5.41, 5.74) is 8.22. The zero-order chi connectivity index (χ0) is 14.6. The van der Waals surface area contributed by atoms with Crippen molar-refractivity contribution >= 4 is 23.2 Å². The highest BCUT2D eigenvalue weighted by atomic mass is 35.5. The van der Waals surface area contributed by atoms with Gasteiger partial charge in [-0.2, -0.15) is 0 Å². The van der Waals surface area contributed by atoms with Gasteiger partial charge in [-0.3, -0.25) is 0 Å². The van der Waals surface area contributed by atoms with E-state index in [-0.39, 0.29) is 6.04 Å². The summed E-state index contributed by atoms with van der Waals surface area (Å²) in [6, 6.07) is 6.13. The van der Waals surface area contributed by atoms with E-state index in [1.165, 1.54) is 38.5 Å². The average Bonchev–Trinajstić information content (AvgIpc) is 2.42. The molecule has 0 aromatic heterocycles. The molecule has 1 unspecified atom stereocenters. The summed E-state index contributed by atoms with van der Waals surface area (Å²) in [7, 11) is 0. The van der Waals surface area contributed by atoms with Gasteiger partial charge in [-0.25, -0.2) is 0 Å². The van der Waals surface area contributed by atoms with Crippen molar-refractivity contribution in [3.63, 3.8) is 0 Å². The quantitative estimate of drug-likeness (QED) is 0.824. The molecule has 0 radical (unpaired) electrons. The predicted octanol–water partition coefficient (Wildman–Crippen LogP) is 5.08. The van der Waals surface area contributed by atoms with Gasteiger partial charge >= 0.3 is 0 Å². The summed E-state index contributed by atoms with van der Waals surface area (Å²) in [5.74, 6) is 2.83. The lowest BCUT2D eigenvalue weighted by Crippen LogP contribution is -2.55. The lowest BCUT2D eigenvalue weighted by Gasteiger charge is -2.59. The lowest BCUT2D eigenvalue weighted by molar-refractivity contribution is -0.0667. The van der Waals surface area contributed by atoms with Crippen molar-refractivity contribution in [2.24, 2.45) is 28.9 Å². The predicted molar refractivity (Wildman–Crippen MR) is 88.7 cm³/mol. The Hall–Kier alpha value is -0.240. The summed E-state index contributed by atoms with van der Waals surface area (Å²) in [4.78, 5) is 0. The van der Waals surface area contributed by atoms with Gasteiger partial charge in [-0.1, -0.05) is 35.3 Å². The molecule has 4 saturated carbocycles. The Kier molecular flexibility index (Phi) is 3.52. The van der Waals surface area contributed by atoms with Crippen molar-refractivity contribution in [1.29, 1.82) is 0 Å². The third kappa shape index (κ3) is 2.42. The summed E-state index contributed by atoms with van der Waals surface area (Å²) in [6.45, 7) is 0. The highest BCUT2D eigenvalue weighted by Gasteiger charge is 2.53. The van der Waals surface area contributed by atoms with Gasteiger partial charge in [0.25, 0.3) is 0 Å². The van der Waals surface area contributed by atoms with Crippen LogP contribution in [0, 0.1) is 23.2 Å². The highest BCUT2D eigenvalue weighted by Crippen LogP contribution is 2.61. The summed E-state index contributed by atoms with van der Waals surface area (Å²) in [6.07, 6.45) is 9.29. The van der Waals surface area contributed by atoms with Crippen molar-refractivity contribution in [2.45, 2.75) is 51.0 Å². The molecule has 4 aliphatic carbocycles. The third-order valence-corrected chi connectivity index (χ3v) is 7.20. The molecule has 0 aliphatic heterocycles. The fraction of sp³-hybridized carbons (Fsp3) is 0.667. The number of nitrogens with two attached hydrogens (primary N) is 1. The van der Waals surface area contributed by atoms with Crippen LogP contribution in [0.4, 0.5) is 0 Å². The zero-order valence-corrected chi connectivity index (χ0v) is 13.8. The largest absolute Gasteiger partial charge is 0.327 e. The second kappa shape index (κ2) is 5.15. The fourth-order valence-corrected chi connectivity index (χ4v) is 6.19. The third-order valence-electron chi connectivity index (χ3n) is 6.34. The molecule has 21 heavy (non-hydrogen) atoms. The molecule has 0 amide bonds. The standard InChI is InChI=1S/C18H23Cl2N/c19-15-3-1-2-14(17(15)20)7-16(21)18-8-11-4-12(9-18)6-13(5-11)10-18/h1-3,11-13,16H,4-10,21H2. The van der Waals surface area contributed by atoms with Crippen LogP contribution < -0.4 is 5.73 Å². The number of hydrogen-bond acceptors (Lipinski definition) is 1. The maximum absolute atomic E-state index is 6.72. The van der Waals surface area contributed by atoms with Crippen molar-refractivity contribution in [3.8, 4) is 0 Å². The minimum Gasteiger partial charge on any atom is -0.327 e. The molecule has 2 N–H and O–H groups in total. The molecule has 4 bridgehead atoms. The van der Waals surface area contributed by atoms with Crippen LogP contribution in [0.3, 0.4) is 0 Å². The van der Waals surface area contributed by atoms with Crippen LogP contribution in [-0.2, 0) is 6.42 Å². The van der Waals surface area contributed by atoms with E-state index in [1.807, 2.05) is 12.1 Å². The van der Waals surface area contributed by atoms with Gasteiger partial charge in [0.15, 0.2) is 0 Å². The Morgan fingerprint density at radius 3 is 2.19 bits per heavy atom. The fourth-order valence-electron chi connectivity index (χ4n) is 5.79. The van der Waals surface area contributed by atoms with E-state index in [2.05, 4.69) is 6.07 Å². The molecule has 4 fully saturated rings. The van der Waals surface area contributed by atoms with E-state index < -0.39 is 0 Å². The van der Waals surface area contributed by atoms with Crippen molar-refractivity contribution in [2.75, 3.05) is 0 Å². The van der Waals surface area contributed by atoms with Gasteiger partial charge < -0.3 is 5.73 Å². The van der Waals surface area contributed by atoms with Gasteiger partial charge in [0, 0.05) is 6.04 Å². The summed E-state index contributed by atoms with van der Waals surface area (Å²) >= 11 is 12.5. The van der Waals surface area contributed by atoms with E-state index in [1.54, 1.807) is 0 Å².